The van der Waals surface area contributed by atoms with E-state index in [0.29, 0.717) is 0 Å². The van der Waals surface area contributed by atoms with Gasteiger partial charge < -0.3 is 15.4 Å². The number of nitrogens with one attached hydrogen (secondary N) is 2. The third-order valence-electron chi connectivity index (χ3n) is 2.94. The van der Waals surface area contributed by atoms with Gasteiger partial charge in [0.05, 0.1) is 11.6 Å². The van der Waals surface area contributed by atoms with E-state index >= 15 is 0 Å². The molecule has 0 unspecified atom stereocenters. The van der Waals surface area contributed by atoms with Crippen LogP contribution >= 0.6 is 15.9 Å². The molecule has 112 valence electrons. The van der Waals surface area contributed by atoms with Crippen LogP contribution in [0.3, 0.4) is 0 Å². The van der Waals surface area contributed by atoms with Gasteiger partial charge in [0.1, 0.15) is 23.2 Å². The van der Waals surface area contributed by atoms with Crippen LogP contribution in [0.4, 0.5) is 17.3 Å². The minimum absolute atomic E-state index is 0.262. The number of aromatic nitrogens is 2. The zero-order valence-electron chi connectivity index (χ0n) is 12.6. The van der Waals surface area contributed by atoms with Gasteiger partial charge in [0.2, 0.25) is 0 Å². The summed E-state index contributed by atoms with van der Waals surface area (Å²) >= 11 is 3.44. The molecule has 0 radical (unpaired) electrons. The molecule has 2 aromatic rings. The van der Waals surface area contributed by atoms with E-state index in [2.05, 4.69) is 50.4 Å². The molecule has 6 heteroatoms. The molecule has 1 aromatic heterocycles. The molecule has 0 fully saturated rings. The second-order valence-electron chi connectivity index (χ2n) is 4.88. The van der Waals surface area contributed by atoms with Gasteiger partial charge in [-0.25, -0.2) is 9.97 Å². The van der Waals surface area contributed by atoms with E-state index in [0.717, 1.165) is 33.4 Å². The van der Waals surface area contributed by atoms with Crippen LogP contribution in [0.2, 0.25) is 0 Å². The number of rotatable bonds is 5. The predicted molar refractivity (Wildman–Crippen MR) is 89.6 cm³/mol. The number of ether oxygens (including phenoxy) is 1. The summed E-state index contributed by atoms with van der Waals surface area (Å²) in [6.45, 7) is 4.14. The van der Waals surface area contributed by atoms with Gasteiger partial charge >= 0.3 is 0 Å². The molecule has 21 heavy (non-hydrogen) atoms. The Bertz CT molecular complexity index is 631. The molecular formula is C15H19BrN4O. The van der Waals surface area contributed by atoms with Gasteiger partial charge in [0.15, 0.2) is 0 Å². The van der Waals surface area contributed by atoms with Gasteiger partial charge in [-0.15, -0.1) is 0 Å². The number of hydrogen-bond donors (Lipinski definition) is 2. The normalized spacial score (nSPS) is 10.6. The second kappa shape index (κ2) is 6.76. The summed E-state index contributed by atoms with van der Waals surface area (Å²) in [5, 5.41) is 6.34. The van der Waals surface area contributed by atoms with Crippen molar-refractivity contribution >= 4 is 33.3 Å². The summed E-state index contributed by atoms with van der Waals surface area (Å²) in [7, 11) is 3.49. The molecule has 0 atom stereocenters. The summed E-state index contributed by atoms with van der Waals surface area (Å²) in [5.41, 5.74) is 0.908. The third kappa shape index (κ3) is 3.85. The van der Waals surface area contributed by atoms with Crippen molar-refractivity contribution in [3.63, 3.8) is 0 Å². The highest BCUT2D eigenvalue weighted by atomic mass is 79.9. The lowest BCUT2D eigenvalue weighted by Crippen LogP contribution is -2.05. The Morgan fingerprint density at radius 1 is 1.14 bits per heavy atom. The van der Waals surface area contributed by atoms with E-state index < -0.39 is 0 Å². The van der Waals surface area contributed by atoms with E-state index in [9.17, 15) is 0 Å². The fourth-order valence-corrected chi connectivity index (χ4v) is 2.21. The number of methoxy groups -OCH3 is 1. The monoisotopic (exact) mass is 350 g/mol. The van der Waals surface area contributed by atoms with Gasteiger partial charge in [0, 0.05) is 30.8 Å². The minimum atomic E-state index is 0.262. The first-order chi connectivity index (χ1) is 10.0. The van der Waals surface area contributed by atoms with E-state index in [1.807, 2.05) is 31.3 Å². The lowest BCUT2D eigenvalue weighted by atomic mass is 10.2. The predicted octanol–water partition coefficient (Wildman–Crippen LogP) is 4.16. The quantitative estimate of drug-likeness (QED) is 0.847. The lowest BCUT2D eigenvalue weighted by molar-refractivity contribution is 0.412. The van der Waals surface area contributed by atoms with Crippen LogP contribution in [0.1, 0.15) is 25.6 Å². The molecule has 0 amide bonds. The Hall–Kier alpha value is -1.82. The first-order valence-corrected chi connectivity index (χ1v) is 7.50. The van der Waals surface area contributed by atoms with E-state index in [1.54, 1.807) is 7.11 Å². The van der Waals surface area contributed by atoms with Crippen LogP contribution in [0.5, 0.6) is 5.75 Å². The summed E-state index contributed by atoms with van der Waals surface area (Å²) < 4.78 is 6.21. The smallest absolute Gasteiger partial charge is 0.136 e. The van der Waals surface area contributed by atoms with E-state index in [-0.39, 0.29) is 5.92 Å². The standard InChI is InChI=1S/C15H19BrN4O/c1-9(2)15-19-13(17-3)8-14(20-15)18-10-5-6-11(16)12(7-10)21-4/h5-9H,1-4H3,(H2,17,18,19,20). The first kappa shape index (κ1) is 15.6. The fourth-order valence-electron chi connectivity index (χ4n) is 1.80. The van der Waals surface area contributed by atoms with Crippen LogP contribution < -0.4 is 15.4 Å². The van der Waals surface area contributed by atoms with Gasteiger partial charge in [-0.05, 0) is 28.1 Å². The Labute approximate surface area is 133 Å². The summed E-state index contributed by atoms with van der Waals surface area (Å²) in [5.74, 6) is 3.38. The highest BCUT2D eigenvalue weighted by molar-refractivity contribution is 9.10. The van der Waals surface area contributed by atoms with Crippen molar-refractivity contribution in [2.24, 2.45) is 0 Å². The maximum atomic E-state index is 5.30. The Morgan fingerprint density at radius 3 is 2.48 bits per heavy atom. The Balaban J connectivity index is 2.32. The first-order valence-electron chi connectivity index (χ1n) is 6.70. The van der Waals surface area contributed by atoms with Gasteiger partial charge in [0.25, 0.3) is 0 Å². The average molecular weight is 351 g/mol. The molecule has 0 aliphatic heterocycles. The molecule has 1 heterocycles. The van der Waals surface area contributed by atoms with E-state index in [4.69, 9.17) is 4.74 Å². The van der Waals surface area contributed by atoms with Crippen LogP contribution in [-0.4, -0.2) is 24.1 Å². The number of anilines is 3. The minimum Gasteiger partial charge on any atom is -0.495 e. The molecule has 0 saturated heterocycles. The maximum Gasteiger partial charge on any atom is 0.136 e. The molecule has 5 nitrogen and oxygen atoms in total. The number of nitrogens with zero attached hydrogens (tertiary/aromatic N) is 2. The number of halogens is 1. The SMILES string of the molecule is CNc1cc(Nc2ccc(Br)c(OC)c2)nc(C(C)C)n1. The van der Waals surface area contributed by atoms with Crippen LogP contribution in [-0.2, 0) is 0 Å². The van der Waals surface area contributed by atoms with Crippen LogP contribution in [0.15, 0.2) is 28.7 Å². The summed E-state index contributed by atoms with van der Waals surface area (Å²) in [4.78, 5) is 8.99. The third-order valence-corrected chi connectivity index (χ3v) is 3.59. The Kier molecular flexibility index (Phi) is 5.01. The van der Waals surface area contributed by atoms with Gasteiger partial charge in [-0.1, -0.05) is 13.8 Å². The summed E-state index contributed by atoms with van der Waals surface area (Å²) in [6, 6.07) is 7.69. The molecule has 0 aliphatic carbocycles. The van der Waals surface area contributed by atoms with E-state index in [1.165, 1.54) is 0 Å². The zero-order chi connectivity index (χ0) is 15.4. The number of hydrogen-bond acceptors (Lipinski definition) is 5. The Morgan fingerprint density at radius 2 is 1.86 bits per heavy atom. The van der Waals surface area contributed by atoms with Crippen molar-refractivity contribution in [3.05, 3.63) is 34.6 Å². The van der Waals surface area contributed by atoms with Crippen molar-refractivity contribution in [2.75, 3.05) is 24.8 Å². The highest BCUT2D eigenvalue weighted by Crippen LogP contribution is 2.29. The second-order valence-corrected chi connectivity index (χ2v) is 5.73. The molecule has 0 aliphatic rings. The number of benzene rings is 1. The van der Waals surface area contributed by atoms with Crippen LogP contribution in [0, 0.1) is 0 Å². The van der Waals surface area contributed by atoms with Crippen molar-refractivity contribution in [2.45, 2.75) is 19.8 Å². The fraction of sp³-hybridized carbons (Fsp3) is 0.333. The van der Waals surface area contributed by atoms with Crippen molar-refractivity contribution in [1.29, 1.82) is 0 Å². The lowest BCUT2D eigenvalue weighted by Gasteiger charge is -2.12. The molecule has 1 aromatic carbocycles. The highest BCUT2D eigenvalue weighted by Gasteiger charge is 2.08. The molecule has 2 rings (SSSR count). The topological polar surface area (TPSA) is 59.1 Å². The van der Waals surface area contributed by atoms with Crippen LogP contribution in [0.25, 0.3) is 0 Å². The van der Waals surface area contributed by atoms with Crippen molar-refractivity contribution < 1.29 is 4.74 Å². The summed E-state index contributed by atoms with van der Waals surface area (Å²) in [6.07, 6.45) is 0. The average Bonchev–Trinajstić information content (AvgIpc) is 2.48. The van der Waals surface area contributed by atoms with Crippen molar-refractivity contribution in [3.8, 4) is 5.75 Å². The molecule has 0 saturated carbocycles. The molecule has 2 N–H and O–H groups in total. The van der Waals surface area contributed by atoms with Gasteiger partial charge in [-0.3, -0.25) is 0 Å². The van der Waals surface area contributed by atoms with Gasteiger partial charge in [-0.2, -0.15) is 0 Å². The maximum absolute atomic E-state index is 5.30. The molecule has 0 bridgehead atoms. The molecule has 0 spiro atoms. The largest absolute Gasteiger partial charge is 0.495 e. The van der Waals surface area contributed by atoms with Crippen molar-refractivity contribution in [1.82, 2.24) is 9.97 Å². The zero-order valence-corrected chi connectivity index (χ0v) is 14.2. The molecular weight excluding hydrogens is 332 g/mol.